The second-order valence-corrected chi connectivity index (χ2v) is 5.49. The zero-order valence-electron chi connectivity index (χ0n) is 11.7. The average molecular weight is 303 g/mol. The van der Waals surface area contributed by atoms with Crippen LogP contribution in [0, 0.1) is 0 Å². The highest BCUT2D eigenvalue weighted by molar-refractivity contribution is 6.31. The maximum Gasteiger partial charge on any atom is 0.268 e. The SMILES string of the molecule is CC(NC(=O)c1cc2cc(Cl)ccc2[nH]1)c1cnn(C)c1. The second kappa shape index (κ2) is 5.26. The molecule has 1 atom stereocenters. The summed E-state index contributed by atoms with van der Waals surface area (Å²) in [6, 6.07) is 7.17. The number of H-pyrrole nitrogens is 1. The van der Waals surface area contributed by atoms with Gasteiger partial charge < -0.3 is 10.3 Å². The Labute approximate surface area is 126 Å². The zero-order valence-corrected chi connectivity index (χ0v) is 12.5. The third-order valence-corrected chi connectivity index (χ3v) is 3.63. The first-order chi connectivity index (χ1) is 10.0. The smallest absolute Gasteiger partial charge is 0.268 e. The van der Waals surface area contributed by atoms with Crippen LogP contribution in [0.1, 0.15) is 29.0 Å². The number of hydrogen-bond donors (Lipinski definition) is 2. The largest absolute Gasteiger partial charge is 0.351 e. The number of nitrogens with zero attached hydrogens (tertiary/aromatic N) is 2. The molecule has 2 heterocycles. The Bertz CT molecular complexity index is 805. The van der Waals surface area contributed by atoms with E-state index in [-0.39, 0.29) is 11.9 Å². The van der Waals surface area contributed by atoms with E-state index in [0.29, 0.717) is 10.7 Å². The number of hydrogen-bond acceptors (Lipinski definition) is 2. The fraction of sp³-hybridized carbons (Fsp3) is 0.200. The highest BCUT2D eigenvalue weighted by Crippen LogP contribution is 2.20. The molecule has 0 saturated heterocycles. The van der Waals surface area contributed by atoms with Gasteiger partial charge in [-0.15, -0.1) is 0 Å². The van der Waals surface area contributed by atoms with Gasteiger partial charge in [0.2, 0.25) is 0 Å². The van der Waals surface area contributed by atoms with Gasteiger partial charge in [0.1, 0.15) is 5.69 Å². The van der Waals surface area contributed by atoms with Gasteiger partial charge in [-0.3, -0.25) is 9.48 Å². The molecule has 2 aromatic heterocycles. The standard InChI is InChI=1S/C15H15ClN4O/c1-9(11-7-17-20(2)8-11)18-15(21)14-6-10-5-12(16)3-4-13(10)19-14/h3-9,19H,1-2H3,(H,18,21). The third-order valence-electron chi connectivity index (χ3n) is 3.40. The lowest BCUT2D eigenvalue weighted by molar-refractivity contribution is 0.0935. The maximum absolute atomic E-state index is 12.3. The molecule has 1 aromatic carbocycles. The van der Waals surface area contributed by atoms with Crippen LogP contribution in [0.25, 0.3) is 10.9 Å². The van der Waals surface area contributed by atoms with Crippen LogP contribution >= 0.6 is 11.6 Å². The number of halogens is 1. The van der Waals surface area contributed by atoms with E-state index in [1.807, 2.05) is 32.3 Å². The summed E-state index contributed by atoms with van der Waals surface area (Å²) in [6.07, 6.45) is 3.63. The number of aromatic amines is 1. The third kappa shape index (κ3) is 2.78. The van der Waals surface area contributed by atoms with Crippen LogP contribution in [0.3, 0.4) is 0 Å². The first-order valence-corrected chi connectivity index (χ1v) is 6.98. The molecule has 1 amide bonds. The van der Waals surface area contributed by atoms with Crippen LogP contribution in [0.5, 0.6) is 0 Å². The van der Waals surface area contributed by atoms with Crippen molar-refractivity contribution in [1.29, 1.82) is 0 Å². The summed E-state index contributed by atoms with van der Waals surface area (Å²) >= 11 is 5.95. The topological polar surface area (TPSA) is 62.7 Å². The lowest BCUT2D eigenvalue weighted by atomic mass is 10.2. The van der Waals surface area contributed by atoms with Crippen LogP contribution in [0.15, 0.2) is 36.7 Å². The number of rotatable bonds is 3. The molecule has 1 unspecified atom stereocenters. The van der Waals surface area contributed by atoms with E-state index in [2.05, 4.69) is 15.4 Å². The molecular weight excluding hydrogens is 288 g/mol. The minimum atomic E-state index is -0.154. The van der Waals surface area contributed by atoms with Crippen molar-refractivity contribution in [2.24, 2.45) is 7.05 Å². The molecule has 21 heavy (non-hydrogen) atoms. The summed E-state index contributed by atoms with van der Waals surface area (Å²) in [4.78, 5) is 15.4. The molecule has 0 saturated carbocycles. The van der Waals surface area contributed by atoms with Gasteiger partial charge in [0, 0.05) is 34.7 Å². The number of nitrogens with one attached hydrogen (secondary N) is 2. The number of amides is 1. The van der Waals surface area contributed by atoms with E-state index < -0.39 is 0 Å². The number of carbonyl (C=O) groups is 1. The van der Waals surface area contributed by atoms with Crippen LogP contribution in [-0.2, 0) is 7.05 Å². The molecule has 3 rings (SSSR count). The van der Waals surface area contributed by atoms with Crippen LogP contribution in [0.4, 0.5) is 0 Å². The van der Waals surface area contributed by atoms with E-state index in [1.54, 1.807) is 23.0 Å². The lowest BCUT2D eigenvalue weighted by Crippen LogP contribution is -2.26. The molecule has 0 radical (unpaired) electrons. The highest BCUT2D eigenvalue weighted by Gasteiger charge is 2.14. The van der Waals surface area contributed by atoms with Gasteiger partial charge in [0.25, 0.3) is 5.91 Å². The summed E-state index contributed by atoms with van der Waals surface area (Å²) in [7, 11) is 1.85. The molecule has 5 nitrogen and oxygen atoms in total. The van der Waals surface area contributed by atoms with Crippen molar-refractivity contribution in [1.82, 2.24) is 20.1 Å². The van der Waals surface area contributed by atoms with Crippen molar-refractivity contribution in [3.8, 4) is 0 Å². The van der Waals surface area contributed by atoms with Gasteiger partial charge in [-0.2, -0.15) is 5.10 Å². The van der Waals surface area contributed by atoms with Crippen LogP contribution < -0.4 is 5.32 Å². The summed E-state index contributed by atoms with van der Waals surface area (Å²) in [6.45, 7) is 1.93. The van der Waals surface area contributed by atoms with E-state index in [1.165, 1.54) is 0 Å². The molecule has 0 aliphatic heterocycles. The maximum atomic E-state index is 12.3. The fourth-order valence-corrected chi connectivity index (χ4v) is 2.43. The van der Waals surface area contributed by atoms with Crippen molar-refractivity contribution in [3.05, 3.63) is 52.9 Å². The Balaban J connectivity index is 1.80. The number of carbonyl (C=O) groups excluding carboxylic acids is 1. The number of benzene rings is 1. The Hall–Kier alpha value is -2.27. The van der Waals surface area contributed by atoms with E-state index in [4.69, 9.17) is 11.6 Å². The van der Waals surface area contributed by atoms with E-state index >= 15 is 0 Å². The number of aryl methyl sites for hydroxylation is 1. The summed E-state index contributed by atoms with van der Waals surface area (Å²) < 4.78 is 1.71. The molecule has 6 heteroatoms. The van der Waals surface area contributed by atoms with Crippen molar-refractivity contribution in [2.75, 3.05) is 0 Å². The van der Waals surface area contributed by atoms with Crippen LogP contribution in [-0.4, -0.2) is 20.7 Å². The van der Waals surface area contributed by atoms with Gasteiger partial charge in [-0.1, -0.05) is 11.6 Å². The molecule has 0 aliphatic rings. The molecule has 2 N–H and O–H groups in total. The number of fused-ring (bicyclic) bond motifs is 1. The van der Waals surface area contributed by atoms with Gasteiger partial charge in [-0.05, 0) is 31.2 Å². The predicted molar refractivity (Wildman–Crippen MR) is 82.4 cm³/mol. The van der Waals surface area contributed by atoms with Crippen molar-refractivity contribution < 1.29 is 4.79 Å². The van der Waals surface area contributed by atoms with Crippen molar-refractivity contribution in [2.45, 2.75) is 13.0 Å². The molecular formula is C15H15ClN4O. The van der Waals surface area contributed by atoms with Gasteiger partial charge in [0.05, 0.1) is 12.2 Å². The van der Waals surface area contributed by atoms with Gasteiger partial charge in [-0.25, -0.2) is 0 Å². The quantitative estimate of drug-likeness (QED) is 0.781. The summed E-state index contributed by atoms with van der Waals surface area (Å²) in [5, 5.41) is 8.62. The van der Waals surface area contributed by atoms with Crippen LogP contribution in [0.2, 0.25) is 5.02 Å². The summed E-state index contributed by atoms with van der Waals surface area (Å²) in [5.41, 5.74) is 2.37. The van der Waals surface area contributed by atoms with Gasteiger partial charge in [0.15, 0.2) is 0 Å². The minimum Gasteiger partial charge on any atom is -0.351 e. The normalized spacial score (nSPS) is 12.5. The molecule has 0 aliphatic carbocycles. The Kier molecular flexibility index (Phi) is 3.43. The molecule has 108 valence electrons. The van der Waals surface area contributed by atoms with E-state index in [9.17, 15) is 4.79 Å². The Morgan fingerprint density at radius 3 is 2.95 bits per heavy atom. The molecule has 0 bridgehead atoms. The monoisotopic (exact) mass is 302 g/mol. The van der Waals surface area contributed by atoms with Gasteiger partial charge >= 0.3 is 0 Å². The average Bonchev–Trinajstić information content (AvgIpc) is 3.04. The fourth-order valence-electron chi connectivity index (χ4n) is 2.25. The first kappa shape index (κ1) is 13.7. The van der Waals surface area contributed by atoms with Crippen molar-refractivity contribution in [3.63, 3.8) is 0 Å². The Morgan fingerprint density at radius 2 is 2.24 bits per heavy atom. The zero-order chi connectivity index (χ0) is 15.0. The predicted octanol–water partition coefficient (Wildman–Crippen LogP) is 3.05. The Morgan fingerprint density at radius 1 is 1.43 bits per heavy atom. The lowest BCUT2D eigenvalue weighted by Gasteiger charge is -2.10. The highest BCUT2D eigenvalue weighted by atomic mass is 35.5. The minimum absolute atomic E-state index is 0.110. The molecule has 0 fully saturated rings. The van der Waals surface area contributed by atoms with E-state index in [0.717, 1.165) is 16.5 Å². The first-order valence-electron chi connectivity index (χ1n) is 6.60. The van der Waals surface area contributed by atoms with Crippen molar-refractivity contribution >= 4 is 28.4 Å². The molecule has 3 aromatic rings. The number of aromatic nitrogens is 3. The summed E-state index contributed by atoms with van der Waals surface area (Å²) in [5.74, 6) is -0.154. The second-order valence-electron chi connectivity index (χ2n) is 5.06. The molecule has 0 spiro atoms.